The molecule has 0 atom stereocenters. The van der Waals surface area contributed by atoms with Crippen LogP contribution in [0.1, 0.15) is 17.3 Å². The number of carbonyl (C=O) groups is 1. The Morgan fingerprint density at radius 3 is 2.82 bits per heavy atom. The van der Waals surface area contributed by atoms with Crippen LogP contribution in [-0.2, 0) is 17.6 Å². The summed E-state index contributed by atoms with van der Waals surface area (Å²) in [6, 6.07) is 6.80. The van der Waals surface area contributed by atoms with Crippen LogP contribution in [0.5, 0.6) is 5.75 Å². The zero-order chi connectivity index (χ0) is 12.3. The number of phenolic OH excluding ortho intramolecular Hbond substituents is 1. The lowest BCUT2D eigenvalue weighted by molar-refractivity contribution is -0.136. The van der Waals surface area contributed by atoms with Crippen LogP contribution in [0.25, 0.3) is 0 Å². The van der Waals surface area contributed by atoms with Crippen LogP contribution in [-0.4, -0.2) is 26.3 Å². The molecule has 6 nitrogen and oxygen atoms in total. The van der Waals surface area contributed by atoms with Crippen LogP contribution in [0.4, 0.5) is 0 Å². The van der Waals surface area contributed by atoms with Crippen LogP contribution in [0, 0.1) is 0 Å². The molecule has 17 heavy (non-hydrogen) atoms. The van der Waals surface area contributed by atoms with Gasteiger partial charge >= 0.3 is 5.97 Å². The molecule has 0 bridgehead atoms. The number of aromatic hydroxyl groups is 1. The molecule has 0 saturated carbocycles. The van der Waals surface area contributed by atoms with E-state index in [1.54, 1.807) is 24.3 Å². The highest BCUT2D eigenvalue weighted by atomic mass is 16.5. The van der Waals surface area contributed by atoms with Crippen molar-refractivity contribution >= 4 is 5.97 Å². The minimum absolute atomic E-state index is 0.0583. The van der Waals surface area contributed by atoms with E-state index in [4.69, 9.17) is 9.63 Å². The summed E-state index contributed by atoms with van der Waals surface area (Å²) in [6.07, 6.45) is 0.00354. The van der Waals surface area contributed by atoms with E-state index in [9.17, 15) is 9.90 Å². The highest BCUT2D eigenvalue weighted by Crippen LogP contribution is 2.18. The summed E-state index contributed by atoms with van der Waals surface area (Å²) in [5, 5.41) is 21.7. The molecule has 0 aliphatic carbocycles. The van der Waals surface area contributed by atoms with E-state index in [2.05, 4.69) is 10.1 Å². The smallest absolute Gasteiger partial charge is 0.312 e. The van der Waals surface area contributed by atoms with E-state index in [1.807, 2.05) is 0 Å². The van der Waals surface area contributed by atoms with Gasteiger partial charge in [-0.25, -0.2) is 0 Å². The molecule has 88 valence electrons. The number of hydrogen-bond donors (Lipinski definition) is 2. The van der Waals surface area contributed by atoms with Crippen LogP contribution >= 0.6 is 0 Å². The minimum Gasteiger partial charge on any atom is -0.508 e. The fourth-order valence-electron chi connectivity index (χ4n) is 1.39. The lowest BCUT2D eigenvalue weighted by Crippen LogP contribution is -2.00. The van der Waals surface area contributed by atoms with Crippen molar-refractivity contribution in [3.05, 3.63) is 41.5 Å². The number of benzene rings is 1. The monoisotopic (exact) mass is 234 g/mol. The van der Waals surface area contributed by atoms with E-state index in [-0.39, 0.29) is 18.1 Å². The van der Waals surface area contributed by atoms with E-state index >= 15 is 0 Å². The standard InChI is InChI=1S/C11H10N2O4/c14-8-4-2-1-3-7(8)5-9-12-10(17-13-9)6-11(15)16/h1-4,14H,5-6H2,(H,15,16). The fraction of sp³-hybridized carbons (Fsp3) is 0.182. The van der Waals surface area contributed by atoms with Crippen molar-refractivity contribution in [3.63, 3.8) is 0 Å². The van der Waals surface area contributed by atoms with Gasteiger partial charge in [-0.1, -0.05) is 23.4 Å². The second kappa shape index (κ2) is 4.65. The summed E-state index contributed by atoms with van der Waals surface area (Å²) in [5.41, 5.74) is 0.662. The Labute approximate surface area is 96.5 Å². The maximum Gasteiger partial charge on any atom is 0.312 e. The average molecular weight is 234 g/mol. The first-order valence-electron chi connectivity index (χ1n) is 4.95. The number of rotatable bonds is 4. The van der Waals surface area contributed by atoms with Crippen LogP contribution in [0.15, 0.2) is 28.8 Å². The van der Waals surface area contributed by atoms with Crippen molar-refractivity contribution in [1.29, 1.82) is 0 Å². The molecule has 2 rings (SSSR count). The Balaban J connectivity index is 2.12. The van der Waals surface area contributed by atoms with Gasteiger partial charge in [0.1, 0.15) is 12.2 Å². The number of hydrogen-bond acceptors (Lipinski definition) is 5. The van der Waals surface area contributed by atoms with Gasteiger partial charge in [0, 0.05) is 12.0 Å². The molecule has 0 aliphatic rings. The van der Waals surface area contributed by atoms with Crippen molar-refractivity contribution in [1.82, 2.24) is 10.1 Å². The van der Waals surface area contributed by atoms with Crippen molar-refractivity contribution in [2.24, 2.45) is 0 Å². The van der Waals surface area contributed by atoms with Crippen LogP contribution in [0.2, 0.25) is 0 Å². The van der Waals surface area contributed by atoms with Crippen molar-refractivity contribution in [2.45, 2.75) is 12.8 Å². The summed E-state index contributed by atoms with van der Waals surface area (Å²) in [5.74, 6) is -0.467. The molecule has 2 aromatic rings. The number of aliphatic carboxylic acids is 1. The fourth-order valence-corrected chi connectivity index (χ4v) is 1.39. The van der Waals surface area contributed by atoms with E-state index in [1.165, 1.54) is 0 Å². The zero-order valence-electron chi connectivity index (χ0n) is 8.83. The van der Waals surface area contributed by atoms with Crippen LogP contribution in [0.3, 0.4) is 0 Å². The van der Waals surface area contributed by atoms with Crippen molar-refractivity contribution in [2.75, 3.05) is 0 Å². The molecule has 0 unspecified atom stereocenters. The first-order valence-corrected chi connectivity index (χ1v) is 4.95. The van der Waals surface area contributed by atoms with Gasteiger partial charge in [-0.3, -0.25) is 4.79 Å². The quantitative estimate of drug-likeness (QED) is 0.818. The number of phenols is 1. The summed E-state index contributed by atoms with van der Waals surface area (Å²) < 4.78 is 4.76. The first-order chi connectivity index (χ1) is 8.15. The van der Waals surface area contributed by atoms with Gasteiger partial charge in [0.25, 0.3) is 0 Å². The second-order valence-electron chi connectivity index (χ2n) is 3.48. The molecule has 6 heteroatoms. The topological polar surface area (TPSA) is 96.5 Å². The van der Waals surface area contributed by atoms with Gasteiger partial charge in [0.05, 0.1) is 0 Å². The van der Waals surface area contributed by atoms with E-state index < -0.39 is 5.97 Å². The van der Waals surface area contributed by atoms with Crippen molar-refractivity contribution < 1.29 is 19.5 Å². The first kappa shape index (κ1) is 11.1. The molecule has 1 aromatic heterocycles. The largest absolute Gasteiger partial charge is 0.508 e. The third kappa shape index (κ3) is 2.81. The Hall–Kier alpha value is -2.37. The molecule has 1 aromatic carbocycles. The summed E-state index contributed by atoms with van der Waals surface area (Å²) in [6.45, 7) is 0. The third-order valence-corrected chi connectivity index (χ3v) is 2.15. The molecular formula is C11H10N2O4. The second-order valence-corrected chi connectivity index (χ2v) is 3.48. The summed E-state index contributed by atoms with van der Waals surface area (Å²) in [4.78, 5) is 14.3. The molecule has 2 N–H and O–H groups in total. The molecule has 0 aliphatic heterocycles. The van der Waals surface area contributed by atoms with Gasteiger partial charge in [0.15, 0.2) is 5.82 Å². The summed E-state index contributed by atoms with van der Waals surface area (Å²) >= 11 is 0. The highest BCUT2D eigenvalue weighted by Gasteiger charge is 2.11. The van der Waals surface area contributed by atoms with Crippen LogP contribution < -0.4 is 0 Å². The van der Waals surface area contributed by atoms with Gasteiger partial charge in [0.2, 0.25) is 5.89 Å². The van der Waals surface area contributed by atoms with Gasteiger partial charge in [-0.05, 0) is 6.07 Å². The molecule has 1 heterocycles. The maximum absolute atomic E-state index is 10.4. The molecule has 0 radical (unpaired) electrons. The lowest BCUT2D eigenvalue weighted by Gasteiger charge is -1.99. The average Bonchev–Trinajstić information content (AvgIpc) is 2.68. The number of nitrogens with zero attached hydrogens (tertiary/aromatic N) is 2. The SMILES string of the molecule is O=C(O)Cc1nc(Cc2ccccc2O)no1. The predicted molar refractivity (Wildman–Crippen MR) is 56.6 cm³/mol. The Morgan fingerprint density at radius 2 is 2.12 bits per heavy atom. The normalized spacial score (nSPS) is 10.4. The highest BCUT2D eigenvalue weighted by molar-refractivity contribution is 5.68. The molecule has 0 amide bonds. The van der Waals surface area contributed by atoms with E-state index in [0.29, 0.717) is 17.8 Å². The Kier molecular flexibility index (Phi) is 3.04. The lowest BCUT2D eigenvalue weighted by atomic mass is 10.1. The van der Waals surface area contributed by atoms with Crippen molar-refractivity contribution in [3.8, 4) is 5.75 Å². The molecule has 0 saturated heterocycles. The Bertz CT molecular complexity index is 536. The predicted octanol–water partition coefficient (Wildman–Crippen LogP) is 0.993. The zero-order valence-corrected chi connectivity index (χ0v) is 8.83. The van der Waals surface area contributed by atoms with Gasteiger partial charge < -0.3 is 14.7 Å². The molecule has 0 spiro atoms. The third-order valence-electron chi connectivity index (χ3n) is 2.15. The molecular weight excluding hydrogens is 224 g/mol. The van der Waals surface area contributed by atoms with Gasteiger partial charge in [-0.2, -0.15) is 4.98 Å². The Morgan fingerprint density at radius 1 is 1.35 bits per heavy atom. The number of para-hydroxylation sites is 1. The summed E-state index contributed by atoms with van der Waals surface area (Å²) in [7, 11) is 0. The van der Waals surface area contributed by atoms with Gasteiger partial charge in [-0.15, -0.1) is 0 Å². The number of carboxylic acid groups (broad SMARTS) is 1. The molecule has 0 fully saturated rings. The maximum atomic E-state index is 10.4. The minimum atomic E-state index is -1.03. The number of carboxylic acids is 1. The number of aromatic nitrogens is 2. The van der Waals surface area contributed by atoms with E-state index in [0.717, 1.165) is 0 Å².